The summed E-state index contributed by atoms with van der Waals surface area (Å²) in [4.78, 5) is 0. The fraction of sp³-hybridized carbons (Fsp3) is 0.143. The highest BCUT2D eigenvalue weighted by molar-refractivity contribution is 6.33. The van der Waals surface area contributed by atoms with Crippen LogP contribution in [0.25, 0.3) is 11.1 Å². The molecule has 0 aliphatic rings. The summed E-state index contributed by atoms with van der Waals surface area (Å²) in [5.74, 6) is -0.310. The highest BCUT2D eigenvalue weighted by atomic mass is 35.5. The Morgan fingerprint density at radius 1 is 1.10 bits per heavy atom. The largest absolute Gasteiger partial charge is 0.573 e. The monoisotopic (exact) mass is 337 g/mol. The lowest BCUT2D eigenvalue weighted by Crippen LogP contribution is -2.17. The fourth-order valence-electron chi connectivity index (χ4n) is 1.82. The molecule has 0 fully saturated rings. The number of nitrogens with two attached hydrogens (primary N) is 1. The summed E-state index contributed by atoms with van der Waals surface area (Å²) in [5.41, 5.74) is 7.17. The first-order valence-corrected chi connectivity index (χ1v) is 6.11. The van der Waals surface area contributed by atoms with Crippen LogP contribution in [-0.4, -0.2) is 6.36 Å². The molecule has 7 heteroatoms. The van der Waals surface area contributed by atoms with Gasteiger partial charge in [-0.2, -0.15) is 0 Å². The lowest BCUT2D eigenvalue weighted by molar-refractivity contribution is -0.274. The predicted molar refractivity (Wildman–Crippen MR) is 78.7 cm³/mol. The second-order valence-electron chi connectivity index (χ2n) is 4.10. The molecule has 0 aliphatic carbocycles. The summed E-state index contributed by atoms with van der Waals surface area (Å²) in [6, 6.07) is 11.1. The van der Waals surface area contributed by atoms with Crippen molar-refractivity contribution in [1.82, 2.24) is 0 Å². The van der Waals surface area contributed by atoms with Gasteiger partial charge in [-0.05, 0) is 35.4 Å². The smallest absolute Gasteiger partial charge is 0.406 e. The van der Waals surface area contributed by atoms with E-state index in [0.717, 1.165) is 0 Å². The normalized spacial score (nSPS) is 10.9. The van der Waals surface area contributed by atoms with Crippen molar-refractivity contribution in [2.24, 2.45) is 5.73 Å². The quantitative estimate of drug-likeness (QED) is 0.874. The van der Waals surface area contributed by atoms with Crippen LogP contribution >= 0.6 is 24.0 Å². The van der Waals surface area contributed by atoms with Crippen molar-refractivity contribution in [2.45, 2.75) is 12.9 Å². The van der Waals surface area contributed by atoms with E-state index in [9.17, 15) is 13.2 Å². The molecule has 0 heterocycles. The summed E-state index contributed by atoms with van der Waals surface area (Å²) < 4.78 is 40.9. The van der Waals surface area contributed by atoms with E-state index < -0.39 is 6.36 Å². The van der Waals surface area contributed by atoms with Crippen LogP contribution in [0.3, 0.4) is 0 Å². The average molecular weight is 338 g/mol. The van der Waals surface area contributed by atoms with Crippen LogP contribution in [0.15, 0.2) is 42.5 Å². The van der Waals surface area contributed by atoms with Crippen LogP contribution in [0.4, 0.5) is 13.2 Å². The topological polar surface area (TPSA) is 35.2 Å². The highest BCUT2D eigenvalue weighted by Gasteiger charge is 2.31. The Kier molecular flexibility index (Phi) is 5.89. The van der Waals surface area contributed by atoms with Gasteiger partial charge < -0.3 is 10.5 Å². The molecule has 114 valence electrons. The molecule has 0 amide bonds. The molecular weight excluding hydrogens is 326 g/mol. The average Bonchev–Trinajstić information content (AvgIpc) is 2.36. The highest BCUT2D eigenvalue weighted by Crippen LogP contribution is 2.33. The Morgan fingerprint density at radius 3 is 2.33 bits per heavy atom. The minimum atomic E-state index is -4.75. The third-order valence-corrected chi connectivity index (χ3v) is 2.95. The van der Waals surface area contributed by atoms with Gasteiger partial charge in [-0.15, -0.1) is 25.6 Å². The maximum absolute atomic E-state index is 12.3. The second-order valence-corrected chi connectivity index (χ2v) is 4.50. The Hall–Kier alpha value is -1.43. The lowest BCUT2D eigenvalue weighted by atomic mass is 10.0. The predicted octanol–water partition coefficient (Wildman–Crippen LogP) is 4.79. The third kappa shape index (κ3) is 4.81. The molecule has 0 aromatic heterocycles. The summed E-state index contributed by atoms with van der Waals surface area (Å²) in [5, 5.41) is 0.444. The van der Waals surface area contributed by atoms with Crippen molar-refractivity contribution in [1.29, 1.82) is 0 Å². The zero-order valence-corrected chi connectivity index (χ0v) is 12.2. The maximum Gasteiger partial charge on any atom is 0.573 e. The molecule has 0 unspecified atom stereocenters. The van der Waals surface area contributed by atoms with Gasteiger partial charge in [0, 0.05) is 17.1 Å². The fourth-order valence-corrected chi connectivity index (χ4v) is 2.07. The van der Waals surface area contributed by atoms with Crippen molar-refractivity contribution < 1.29 is 17.9 Å². The van der Waals surface area contributed by atoms with Gasteiger partial charge in [-0.3, -0.25) is 0 Å². The summed E-state index contributed by atoms with van der Waals surface area (Å²) in [6.45, 7) is 0.104. The molecule has 0 atom stereocenters. The molecular formula is C14H12Cl2F3NO. The van der Waals surface area contributed by atoms with Gasteiger partial charge in [0.25, 0.3) is 0 Å². The number of rotatable bonds is 3. The molecule has 0 spiro atoms. The zero-order valence-electron chi connectivity index (χ0n) is 10.7. The van der Waals surface area contributed by atoms with Gasteiger partial charge in [0.05, 0.1) is 0 Å². The molecule has 0 saturated carbocycles. The Balaban J connectivity index is 0.00000220. The van der Waals surface area contributed by atoms with Crippen LogP contribution in [0, 0.1) is 0 Å². The van der Waals surface area contributed by atoms with Crippen LogP contribution in [0.1, 0.15) is 5.56 Å². The maximum atomic E-state index is 12.3. The second kappa shape index (κ2) is 7.02. The number of hydrogen-bond acceptors (Lipinski definition) is 2. The molecule has 0 bridgehead atoms. The van der Waals surface area contributed by atoms with E-state index >= 15 is 0 Å². The van der Waals surface area contributed by atoms with E-state index in [-0.39, 0.29) is 24.7 Å². The number of benzene rings is 2. The SMILES string of the molecule is Cl.NCc1cc(OC(F)(F)F)cc(-c2ccccc2Cl)c1. The molecule has 0 radical (unpaired) electrons. The molecule has 2 N–H and O–H groups in total. The Morgan fingerprint density at radius 2 is 1.76 bits per heavy atom. The Bertz CT molecular complexity index is 617. The van der Waals surface area contributed by atoms with Crippen molar-refractivity contribution in [3.05, 3.63) is 53.1 Å². The van der Waals surface area contributed by atoms with Gasteiger partial charge in [-0.25, -0.2) is 0 Å². The minimum absolute atomic E-state index is 0. The molecule has 0 aliphatic heterocycles. The van der Waals surface area contributed by atoms with E-state index in [0.29, 0.717) is 21.7 Å². The van der Waals surface area contributed by atoms with E-state index in [1.54, 1.807) is 30.3 Å². The number of halogens is 5. The van der Waals surface area contributed by atoms with Gasteiger partial charge in [-0.1, -0.05) is 29.8 Å². The van der Waals surface area contributed by atoms with E-state index in [1.807, 2.05) is 0 Å². The minimum Gasteiger partial charge on any atom is -0.406 e. The van der Waals surface area contributed by atoms with Crippen molar-refractivity contribution in [3.63, 3.8) is 0 Å². The molecule has 2 nitrogen and oxygen atoms in total. The van der Waals surface area contributed by atoms with E-state index in [2.05, 4.69) is 4.74 Å². The number of ether oxygens (including phenoxy) is 1. The third-order valence-electron chi connectivity index (χ3n) is 2.62. The van der Waals surface area contributed by atoms with Gasteiger partial charge in [0.2, 0.25) is 0 Å². The van der Waals surface area contributed by atoms with Crippen molar-refractivity contribution >= 4 is 24.0 Å². The van der Waals surface area contributed by atoms with E-state index in [4.69, 9.17) is 17.3 Å². The van der Waals surface area contributed by atoms with Crippen LogP contribution in [0.5, 0.6) is 5.75 Å². The molecule has 0 saturated heterocycles. The molecule has 2 rings (SSSR count). The summed E-state index contributed by atoms with van der Waals surface area (Å²) >= 11 is 6.05. The first kappa shape index (κ1) is 17.6. The van der Waals surface area contributed by atoms with Crippen LogP contribution < -0.4 is 10.5 Å². The van der Waals surface area contributed by atoms with Gasteiger partial charge in [0.1, 0.15) is 5.75 Å². The molecule has 21 heavy (non-hydrogen) atoms. The van der Waals surface area contributed by atoms with Gasteiger partial charge in [0.15, 0.2) is 0 Å². The first-order chi connectivity index (χ1) is 9.39. The van der Waals surface area contributed by atoms with E-state index in [1.165, 1.54) is 12.1 Å². The first-order valence-electron chi connectivity index (χ1n) is 5.74. The van der Waals surface area contributed by atoms with Crippen molar-refractivity contribution in [2.75, 3.05) is 0 Å². The number of alkyl halides is 3. The van der Waals surface area contributed by atoms with Crippen LogP contribution in [0.2, 0.25) is 5.02 Å². The van der Waals surface area contributed by atoms with Gasteiger partial charge >= 0.3 is 6.36 Å². The molecule has 2 aromatic carbocycles. The standard InChI is InChI=1S/C14H11ClF3NO.ClH/c15-13-4-2-1-3-12(13)10-5-9(8-19)6-11(7-10)20-14(16,17)18;/h1-7H,8,19H2;1H. The Labute approximate surface area is 131 Å². The van der Waals surface area contributed by atoms with Crippen molar-refractivity contribution in [3.8, 4) is 16.9 Å². The lowest BCUT2D eigenvalue weighted by Gasteiger charge is -2.13. The zero-order chi connectivity index (χ0) is 14.8. The number of hydrogen-bond donors (Lipinski definition) is 1. The summed E-state index contributed by atoms with van der Waals surface area (Å²) in [6.07, 6.45) is -4.75. The molecule has 2 aromatic rings. The summed E-state index contributed by atoms with van der Waals surface area (Å²) in [7, 11) is 0. The van der Waals surface area contributed by atoms with Crippen LogP contribution in [-0.2, 0) is 6.54 Å².